The maximum atomic E-state index is 12.0. The molecule has 0 aliphatic rings. The monoisotopic (exact) mass is 366 g/mol. The topological polar surface area (TPSA) is 98.7 Å². The highest BCUT2D eigenvalue weighted by atomic mass is 32.2. The molecule has 3 aromatic heterocycles. The SMILES string of the molecule is O=C(CSc1ncnc2c1nnn2-c1ccccc1)NCc1ccco1. The van der Waals surface area contributed by atoms with Crippen LogP contribution in [0.3, 0.4) is 0 Å². The molecule has 0 aliphatic heterocycles. The van der Waals surface area contributed by atoms with Gasteiger partial charge in [0, 0.05) is 0 Å². The van der Waals surface area contributed by atoms with Gasteiger partial charge in [0.05, 0.1) is 24.2 Å². The Bertz CT molecular complexity index is 1020. The Labute approximate surface area is 152 Å². The second-order valence-corrected chi connectivity index (χ2v) is 6.30. The molecule has 0 atom stereocenters. The lowest BCUT2D eigenvalue weighted by atomic mass is 10.3. The Balaban J connectivity index is 1.47. The summed E-state index contributed by atoms with van der Waals surface area (Å²) in [4.78, 5) is 20.5. The zero-order chi connectivity index (χ0) is 17.8. The molecular weight excluding hydrogens is 352 g/mol. The molecule has 130 valence electrons. The fraction of sp³-hybridized carbons (Fsp3) is 0.118. The maximum Gasteiger partial charge on any atom is 0.230 e. The largest absolute Gasteiger partial charge is 0.467 e. The van der Waals surface area contributed by atoms with Crippen LogP contribution in [0.5, 0.6) is 0 Å². The van der Waals surface area contributed by atoms with Crippen molar-refractivity contribution in [3.63, 3.8) is 0 Å². The van der Waals surface area contributed by atoms with E-state index in [1.807, 2.05) is 36.4 Å². The van der Waals surface area contributed by atoms with Gasteiger partial charge in [-0.25, -0.2) is 9.97 Å². The third kappa shape index (κ3) is 3.42. The number of amides is 1. The quantitative estimate of drug-likeness (QED) is 0.412. The second kappa shape index (κ2) is 7.36. The molecule has 0 saturated carbocycles. The minimum absolute atomic E-state index is 0.117. The highest BCUT2D eigenvalue weighted by Crippen LogP contribution is 2.23. The zero-order valence-corrected chi connectivity index (χ0v) is 14.4. The fourth-order valence-corrected chi connectivity index (χ4v) is 3.12. The number of para-hydroxylation sites is 1. The first-order chi connectivity index (χ1) is 12.8. The van der Waals surface area contributed by atoms with Crippen molar-refractivity contribution in [2.24, 2.45) is 0 Å². The van der Waals surface area contributed by atoms with Gasteiger partial charge in [0.2, 0.25) is 5.91 Å². The summed E-state index contributed by atoms with van der Waals surface area (Å²) in [5, 5.41) is 11.8. The predicted molar refractivity (Wildman–Crippen MR) is 95.7 cm³/mol. The smallest absolute Gasteiger partial charge is 0.230 e. The third-order valence-corrected chi connectivity index (χ3v) is 4.56. The van der Waals surface area contributed by atoms with Gasteiger partial charge in [-0.3, -0.25) is 4.79 Å². The van der Waals surface area contributed by atoms with E-state index in [2.05, 4.69) is 25.6 Å². The van der Waals surface area contributed by atoms with Gasteiger partial charge in [0.25, 0.3) is 0 Å². The molecule has 9 heteroatoms. The number of furan rings is 1. The molecule has 0 saturated heterocycles. The predicted octanol–water partition coefficient (Wildman–Crippen LogP) is 2.21. The van der Waals surface area contributed by atoms with Gasteiger partial charge in [-0.2, -0.15) is 4.68 Å². The lowest BCUT2D eigenvalue weighted by Crippen LogP contribution is -2.24. The number of rotatable bonds is 6. The molecule has 0 bridgehead atoms. The van der Waals surface area contributed by atoms with Gasteiger partial charge >= 0.3 is 0 Å². The van der Waals surface area contributed by atoms with Gasteiger partial charge in [-0.05, 0) is 24.3 Å². The van der Waals surface area contributed by atoms with E-state index in [1.54, 1.807) is 17.0 Å². The number of nitrogens with zero attached hydrogens (tertiary/aromatic N) is 5. The van der Waals surface area contributed by atoms with Crippen molar-refractivity contribution in [2.75, 3.05) is 5.75 Å². The van der Waals surface area contributed by atoms with E-state index in [-0.39, 0.29) is 11.7 Å². The van der Waals surface area contributed by atoms with Crippen LogP contribution in [0.25, 0.3) is 16.9 Å². The minimum atomic E-state index is -0.117. The van der Waals surface area contributed by atoms with E-state index in [9.17, 15) is 4.79 Å². The molecule has 1 aromatic carbocycles. The van der Waals surface area contributed by atoms with Crippen LogP contribution in [-0.4, -0.2) is 36.6 Å². The molecule has 26 heavy (non-hydrogen) atoms. The van der Waals surface area contributed by atoms with Crippen molar-refractivity contribution in [3.8, 4) is 5.69 Å². The van der Waals surface area contributed by atoms with Crippen molar-refractivity contribution >= 4 is 28.8 Å². The second-order valence-electron chi connectivity index (χ2n) is 5.33. The van der Waals surface area contributed by atoms with Gasteiger partial charge in [-0.1, -0.05) is 35.2 Å². The summed E-state index contributed by atoms with van der Waals surface area (Å²) in [6, 6.07) is 13.2. The van der Waals surface area contributed by atoms with Crippen molar-refractivity contribution in [1.82, 2.24) is 30.3 Å². The highest BCUT2D eigenvalue weighted by molar-refractivity contribution is 8.00. The van der Waals surface area contributed by atoms with Crippen LogP contribution in [0.2, 0.25) is 0 Å². The van der Waals surface area contributed by atoms with E-state index >= 15 is 0 Å². The van der Waals surface area contributed by atoms with Gasteiger partial charge in [0.1, 0.15) is 17.1 Å². The van der Waals surface area contributed by atoms with Crippen molar-refractivity contribution in [3.05, 3.63) is 60.8 Å². The molecule has 0 spiro atoms. The fourth-order valence-electron chi connectivity index (χ4n) is 2.36. The first kappa shape index (κ1) is 16.3. The van der Waals surface area contributed by atoms with Crippen molar-refractivity contribution in [2.45, 2.75) is 11.6 Å². The number of aromatic nitrogens is 5. The summed E-state index contributed by atoms with van der Waals surface area (Å²) in [6.07, 6.45) is 3.03. The number of benzene rings is 1. The molecule has 1 N–H and O–H groups in total. The Morgan fingerprint density at radius 2 is 2.04 bits per heavy atom. The normalized spacial score (nSPS) is 10.9. The van der Waals surface area contributed by atoms with Gasteiger partial charge in [-0.15, -0.1) is 5.10 Å². The van der Waals surface area contributed by atoms with Crippen molar-refractivity contribution < 1.29 is 9.21 Å². The summed E-state index contributed by atoms with van der Waals surface area (Å²) in [6.45, 7) is 0.357. The summed E-state index contributed by atoms with van der Waals surface area (Å²) in [7, 11) is 0. The van der Waals surface area contributed by atoms with E-state index in [4.69, 9.17) is 4.42 Å². The van der Waals surface area contributed by atoms with E-state index in [1.165, 1.54) is 18.1 Å². The third-order valence-electron chi connectivity index (χ3n) is 3.58. The summed E-state index contributed by atoms with van der Waals surface area (Å²) in [5.41, 5.74) is 2.03. The Kier molecular flexibility index (Phi) is 4.61. The van der Waals surface area contributed by atoms with E-state index < -0.39 is 0 Å². The number of hydrogen-bond donors (Lipinski definition) is 1. The van der Waals surface area contributed by atoms with Crippen LogP contribution in [0.4, 0.5) is 0 Å². The Morgan fingerprint density at radius 3 is 2.85 bits per heavy atom. The van der Waals surface area contributed by atoms with Gasteiger partial charge in [0.15, 0.2) is 11.2 Å². The lowest BCUT2D eigenvalue weighted by Gasteiger charge is -2.04. The average Bonchev–Trinajstić information content (AvgIpc) is 3.35. The maximum absolute atomic E-state index is 12.0. The Hall–Kier alpha value is -3.20. The van der Waals surface area contributed by atoms with Crippen LogP contribution < -0.4 is 5.32 Å². The molecule has 0 aliphatic carbocycles. The molecule has 8 nitrogen and oxygen atoms in total. The van der Waals surface area contributed by atoms with Crippen LogP contribution in [0, 0.1) is 0 Å². The van der Waals surface area contributed by atoms with Crippen LogP contribution in [-0.2, 0) is 11.3 Å². The highest BCUT2D eigenvalue weighted by Gasteiger charge is 2.14. The number of fused-ring (bicyclic) bond motifs is 1. The number of carbonyl (C=O) groups is 1. The number of hydrogen-bond acceptors (Lipinski definition) is 7. The minimum Gasteiger partial charge on any atom is -0.467 e. The zero-order valence-electron chi connectivity index (χ0n) is 13.6. The molecule has 1 amide bonds. The summed E-state index contributed by atoms with van der Waals surface area (Å²) in [5.74, 6) is 0.803. The van der Waals surface area contributed by atoms with Crippen LogP contribution in [0.15, 0.2) is 64.5 Å². The van der Waals surface area contributed by atoms with Crippen LogP contribution in [0.1, 0.15) is 5.76 Å². The van der Waals surface area contributed by atoms with Crippen molar-refractivity contribution in [1.29, 1.82) is 0 Å². The number of carbonyl (C=O) groups excluding carboxylic acids is 1. The molecule has 0 unspecified atom stereocenters. The molecule has 4 aromatic rings. The summed E-state index contributed by atoms with van der Waals surface area (Å²) >= 11 is 1.29. The first-order valence-corrected chi connectivity index (χ1v) is 8.83. The number of nitrogens with one attached hydrogen (secondary N) is 1. The standard InChI is InChI=1S/C17H14N6O2S/c24-14(18-9-13-7-4-8-25-13)10-26-17-15-16(19-11-20-17)23(22-21-15)12-5-2-1-3-6-12/h1-8,11H,9-10H2,(H,18,24). The average molecular weight is 366 g/mol. The van der Waals surface area contributed by atoms with Crippen LogP contribution >= 0.6 is 11.8 Å². The van der Waals surface area contributed by atoms with E-state index in [0.717, 1.165) is 5.69 Å². The molecular formula is C17H14N6O2S. The lowest BCUT2D eigenvalue weighted by molar-refractivity contribution is -0.118. The van der Waals surface area contributed by atoms with Gasteiger partial charge < -0.3 is 9.73 Å². The van der Waals surface area contributed by atoms with E-state index in [0.29, 0.717) is 28.5 Å². The molecule has 0 radical (unpaired) electrons. The first-order valence-electron chi connectivity index (χ1n) is 7.85. The Morgan fingerprint density at radius 1 is 1.15 bits per heavy atom. The summed E-state index contributed by atoms with van der Waals surface area (Å²) < 4.78 is 6.84. The molecule has 3 heterocycles. The molecule has 0 fully saturated rings. The molecule has 4 rings (SSSR count). The number of thioether (sulfide) groups is 1.